The van der Waals surface area contributed by atoms with Crippen molar-refractivity contribution in [3.8, 4) is 23.0 Å². The van der Waals surface area contributed by atoms with Gasteiger partial charge in [0, 0.05) is 31.0 Å². The van der Waals surface area contributed by atoms with Crippen molar-refractivity contribution in [2.75, 3.05) is 33.5 Å². The second-order valence-electron chi connectivity index (χ2n) is 10.4. The minimum absolute atomic E-state index is 0.00448. The second kappa shape index (κ2) is 12.4. The monoisotopic (exact) mass is 561 g/mol. The summed E-state index contributed by atoms with van der Waals surface area (Å²) >= 11 is 0. The minimum atomic E-state index is -0.829. The molecule has 2 aliphatic rings. The van der Waals surface area contributed by atoms with Gasteiger partial charge in [-0.3, -0.25) is 9.59 Å². The maximum atomic E-state index is 13.5. The lowest BCUT2D eigenvalue weighted by molar-refractivity contribution is -0.139. The Morgan fingerprint density at radius 1 is 1.07 bits per heavy atom. The Morgan fingerprint density at radius 3 is 2.61 bits per heavy atom. The summed E-state index contributed by atoms with van der Waals surface area (Å²) in [6.07, 6.45) is 6.71. The number of aliphatic hydroxyl groups excluding tert-OH is 1. The van der Waals surface area contributed by atoms with Crippen LogP contribution in [0.25, 0.3) is 5.76 Å². The summed E-state index contributed by atoms with van der Waals surface area (Å²) in [4.78, 5) is 32.5. The number of ketones is 1. The molecule has 1 amide bonds. The first-order valence-electron chi connectivity index (χ1n) is 13.8. The van der Waals surface area contributed by atoms with Gasteiger partial charge in [0.25, 0.3) is 11.7 Å². The fourth-order valence-corrected chi connectivity index (χ4v) is 5.02. The molecule has 0 radical (unpaired) electrons. The van der Waals surface area contributed by atoms with Crippen LogP contribution < -0.4 is 18.9 Å². The molecule has 1 fully saturated rings. The van der Waals surface area contributed by atoms with Gasteiger partial charge in [-0.15, -0.1) is 0 Å². The Morgan fingerprint density at radius 2 is 1.88 bits per heavy atom. The number of ether oxygens (including phenoxy) is 4. The number of Topliss-reactive ketones (excluding diaryl/α,β-unsaturated/α-hetero) is 1. The van der Waals surface area contributed by atoms with Crippen LogP contribution >= 0.6 is 0 Å². The highest BCUT2D eigenvalue weighted by molar-refractivity contribution is 6.46. The number of likely N-dealkylation sites (tertiary alicyclic amines) is 1. The fraction of sp³-hybridized carbons (Fsp3) is 0.387. The molecule has 0 saturated carbocycles. The van der Waals surface area contributed by atoms with Crippen LogP contribution in [0.5, 0.6) is 23.0 Å². The number of benzene rings is 2. The lowest BCUT2D eigenvalue weighted by atomic mass is 9.94. The van der Waals surface area contributed by atoms with Crippen LogP contribution in [0, 0.1) is 5.92 Å². The Bertz CT molecular complexity index is 1430. The number of rotatable bonds is 11. The van der Waals surface area contributed by atoms with E-state index in [0.29, 0.717) is 79.4 Å². The summed E-state index contributed by atoms with van der Waals surface area (Å²) in [6, 6.07) is 9.49. The number of imidazole rings is 1. The van der Waals surface area contributed by atoms with Crippen LogP contribution in [0.15, 0.2) is 60.7 Å². The molecule has 0 bridgehead atoms. The first-order chi connectivity index (χ1) is 19.9. The van der Waals surface area contributed by atoms with Crippen molar-refractivity contribution >= 4 is 17.4 Å². The van der Waals surface area contributed by atoms with Gasteiger partial charge in [-0.05, 0) is 54.7 Å². The summed E-state index contributed by atoms with van der Waals surface area (Å²) in [5, 5.41) is 11.5. The van der Waals surface area contributed by atoms with Gasteiger partial charge in [0.2, 0.25) is 0 Å². The summed E-state index contributed by atoms with van der Waals surface area (Å²) in [6.45, 7) is 6.50. The highest BCUT2D eigenvalue weighted by Crippen LogP contribution is 2.43. The van der Waals surface area contributed by atoms with Crippen LogP contribution in [-0.4, -0.2) is 64.7 Å². The summed E-state index contributed by atoms with van der Waals surface area (Å²) in [7, 11) is 1.55. The average molecular weight is 562 g/mol. The van der Waals surface area contributed by atoms with Gasteiger partial charge in [-0.1, -0.05) is 19.9 Å². The van der Waals surface area contributed by atoms with Gasteiger partial charge < -0.3 is 33.5 Å². The molecule has 0 unspecified atom stereocenters. The van der Waals surface area contributed by atoms with Gasteiger partial charge in [0.1, 0.15) is 19.0 Å². The molecule has 10 heteroatoms. The van der Waals surface area contributed by atoms with Gasteiger partial charge in [-0.25, -0.2) is 4.98 Å². The van der Waals surface area contributed by atoms with Crippen LogP contribution in [0.1, 0.15) is 43.9 Å². The van der Waals surface area contributed by atoms with E-state index in [0.717, 1.165) is 6.42 Å². The third-order valence-corrected chi connectivity index (χ3v) is 7.19. The van der Waals surface area contributed by atoms with E-state index >= 15 is 0 Å². The topological polar surface area (TPSA) is 112 Å². The first kappa shape index (κ1) is 28.1. The lowest BCUT2D eigenvalue weighted by Crippen LogP contribution is -2.31. The smallest absolute Gasteiger partial charge is 0.295 e. The van der Waals surface area contributed by atoms with Crippen LogP contribution in [-0.2, 0) is 16.1 Å². The van der Waals surface area contributed by atoms with Gasteiger partial charge in [0.15, 0.2) is 23.0 Å². The zero-order valence-corrected chi connectivity index (χ0v) is 23.5. The molecular formula is C31H35N3O7. The van der Waals surface area contributed by atoms with E-state index in [2.05, 4.69) is 18.8 Å². The summed E-state index contributed by atoms with van der Waals surface area (Å²) in [5.41, 5.74) is 0.986. The van der Waals surface area contributed by atoms with E-state index in [1.165, 1.54) is 4.90 Å². The SMILES string of the molecule is COc1cc([C@H]2C(=C(O)c3ccc4c(c3)OCCO4)C(=O)C(=O)N2CCCn2ccnc2)ccc1OCCC(C)C. The summed E-state index contributed by atoms with van der Waals surface area (Å²) < 4.78 is 24.8. The first-order valence-corrected chi connectivity index (χ1v) is 13.8. The van der Waals surface area contributed by atoms with Gasteiger partial charge in [0.05, 0.1) is 31.7 Å². The molecule has 1 aromatic heterocycles. The summed E-state index contributed by atoms with van der Waals surface area (Å²) in [5.74, 6) is 0.868. The molecular weight excluding hydrogens is 526 g/mol. The maximum absolute atomic E-state index is 13.5. The van der Waals surface area contributed by atoms with E-state index in [4.69, 9.17) is 18.9 Å². The van der Waals surface area contributed by atoms with Gasteiger partial charge in [-0.2, -0.15) is 0 Å². The molecule has 0 aliphatic carbocycles. The predicted octanol–water partition coefficient (Wildman–Crippen LogP) is 4.60. The van der Waals surface area contributed by atoms with Crippen molar-refractivity contribution in [3.05, 3.63) is 71.8 Å². The van der Waals surface area contributed by atoms with E-state index in [-0.39, 0.29) is 11.3 Å². The molecule has 10 nitrogen and oxygen atoms in total. The van der Waals surface area contributed by atoms with Crippen molar-refractivity contribution in [1.82, 2.24) is 14.5 Å². The molecule has 1 atom stereocenters. The third-order valence-electron chi connectivity index (χ3n) is 7.19. The number of carbonyl (C=O) groups is 2. The number of hydrogen-bond donors (Lipinski definition) is 1. The van der Waals surface area contributed by atoms with E-state index in [1.54, 1.807) is 50.0 Å². The number of aromatic nitrogens is 2. The number of hydrogen-bond acceptors (Lipinski definition) is 8. The number of amides is 1. The number of nitrogens with zero attached hydrogens (tertiary/aromatic N) is 3. The maximum Gasteiger partial charge on any atom is 0.295 e. The molecule has 1 saturated heterocycles. The van der Waals surface area contributed by atoms with Crippen molar-refractivity contribution in [2.24, 2.45) is 5.92 Å². The van der Waals surface area contributed by atoms with Gasteiger partial charge >= 0.3 is 0 Å². The molecule has 216 valence electrons. The molecule has 1 N–H and O–H groups in total. The Labute approximate surface area is 239 Å². The second-order valence-corrected chi connectivity index (χ2v) is 10.4. The number of aryl methyl sites for hydroxylation is 1. The highest BCUT2D eigenvalue weighted by atomic mass is 16.6. The zero-order chi connectivity index (χ0) is 28.9. The average Bonchev–Trinajstić information content (AvgIpc) is 3.59. The van der Waals surface area contributed by atoms with E-state index < -0.39 is 17.7 Å². The molecule has 0 spiro atoms. The number of methoxy groups -OCH3 is 1. The molecule has 2 aromatic carbocycles. The molecule has 5 rings (SSSR count). The normalized spacial score (nSPS) is 17.8. The number of fused-ring (bicyclic) bond motifs is 1. The van der Waals surface area contributed by atoms with Crippen LogP contribution in [0.3, 0.4) is 0 Å². The minimum Gasteiger partial charge on any atom is -0.507 e. The molecule has 41 heavy (non-hydrogen) atoms. The van der Waals surface area contributed by atoms with Crippen LogP contribution in [0.4, 0.5) is 0 Å². The quantitative estimate of drug-likeness (QED) is 0.205. The van der Waals surface area contributed by atoms with E-state index in [9.17, 15) is 14.7 Å². The molecule has 3 heterocycles. The Kier molecular flexibility index (Phi) is 8.47. The standard InChI is InChI=1S/C31H35N3O7/c1-20(2)9-14-39-23-7-5-21(17-25(23)38-3)28-27(29(35)22-6-8-24-26(18-22)41-16-15-40-24)30(36)31(37)34(28)12-4-11-33-13-10-32-19-33/h5-8,10,13,17-20,28,35H,4,9,11-12,14-16H2,1-3H3/t28-/m0/s1. The fourth-order valence-electron chi connectivity index (χ4n) is 5.02. The molecule has 2 aliphatic heterocycles. The van der Waals surface area contributed by atoms with Crippen LogP contribution in [0.2, 0.25) is 0 Å². The Hall–Kier alpha value is -4.47. The third kappa shape index (κ3) is 6.01. The largest absolute Gasteiger partial charge is 0.507 e. The number of carbonyl (C=O) groups excluding carboxylic acids is 2. The number of aliphatic hydroxyl groups is 1. The Balaban J connectivity index is 1.52. The van der Waals surface area contributed by atoms with Crippen molar-refractivity contribution in [2.45, 2.75) is 39.3 Å². The van der Waals surface area contributed by atoms with Crippen molar-refractivity contribution < 1.29 is 33.6 Å². The zero-order valence-electron chi connectivity index (χ0n) is 23.5. The van der Waals surface area contributed by atoms with Crippen molar-refractivity contribution in [3.63, 3.8) is 0 Å². The highest BCUT2D eigenvalue weighted by Gasteiger charge is 2.46. The lowest BCUT2D eigenvalue weighted by Gasteiger charge is -2.26. The van der Waals surface area contributed by atoms with E-state index in [1.807, 2.05) is 16.8 Å². The molecule has 3 aromatic rings. The predicted molar refractivity (Wildman–Crippen MR) is 151 cm³/mol. The van der Waals surface area contributed by atoms with Crippen molar-refractivity contribution in [1.29, 1.82) is 0 Å².